The number of fused-ring (bicyclic) bond motifs is 6. The van der Waals surface area contributed by atoms with Crippen LogP contribution in [0.3, 0.4) is 0 Å². The standard InChI is InChI=1S/C39H38F3N11O4/c1-20-44-30-13-22(41)11-26-29-5-4-6-33(46-29)45-23-14-32(38(56)49(2)17-25(57-3)18-50(20)35(26)30)51(16-23)36-27-15-43-53(31-9-7-21(40)12-28(31)42)37(27)48-39(47-36)52-24(19-54)8-10-34(52)55/h4-7,9,11-13,15,23-25,32,54H,8,10,14,16-19H2,1-3H3,(H,45,46)/t23-,24?,25-,32-/m0/s1. The molecule has 18 heteroatoms. The van der Waals surface area contributed by atoms with Crippen LogP contribution in [0.1, 0.15) is 25.1 Å². The number of aliphatic hydroxyl groups excluding tert-OH is 1. The fourth-order valence-electron chi connectivity index (χ4n) is 8.34. The first kappa shape index (κ1) is 36.5. The molecule has 7 heterocycles. The van der Waals surface area contributed by atoms with E-state index in [1.54, 1.807) is 31.2 Å². The van der Waals surface area contributed by atoms with Crippen molar-refractivity contribution in [3.8, 4) is 16.9 Å². The van der Waals surface area contributed by atoms with Gasteiger partial charge in [-0.1, -0.05) is 6.07 Å². The van der Waals surface area contributed by atoms with Crippen molar-refractivity contribution >= 4 is 51.5 Å². The van der Waals surface area contributed by atoms with Crippen LogP contribution in [0, 0.1) is 24.4 Å². The van der Waals surface area contributed by atoms with Gasteiger partial charge in [0.05, 0.1) is 53.6 Å². The number of anilines is 3. The average Bonchev–Trinajstić information content (AvgIpc) is 3.97. The first-order valence-corrected chi connectivity index (χ1v) is 18.6. The number of hydrogen-bond donors (Lipinski definition) is 2. The summed E-state index contributed by atoms with van der Waals surface area (Å²) in [4.78, 5) is 51.9. The Labute approximate surface area is 323 Å². The maximum atomic E-state index is 15.3. The Hall–Kier alpha value is -6.14. The van der Waals surface area contributed by atoms with Crippen molar-refractivity contribution in [2.24, 2.45) is 0 Å². The number of nitrogens with one attached hydrogen (secondary N) is 1. The van der Waals surface area contributed by atoms with Crippen LogP contribution in [-0.2, 0) is 20.9 Å². The second-order valence-electron chi connectivity index (χ2n) is 14.7. The van der Waals surface area contributed by atoms with Crippen LogP contribution in [0.5, 0.6) is 0 Å². The van der Waals surface area contributed by atoms with Crippen LogP contribution in [0.25, 0.3) is 39.0 Å². The molecule has 2 N–H and O–H groups in total. The van der Waals surface area contributed by atoms with Gasteiger partial charge in [-0.05, 0) is 50.1 Å². The van der Waals surface area contributed by atoms with E-state index >= 15 is 8.78 Å². The molecule has 2 saturated heterocycles. The summed E-state index contributed by atoms with van der Waals surface area (Å²) in [5, 5.41) is 18.5. The number of pyridine rings is 1. The quantitative estimate of drug-likeness (QED) is 0.261. The normalized spacial score (nSPS) is 21.4. The Morgan fingerprint density at radius 2 is 1.82 bits per heavy atom. The molecular formula is C39H38F3N11O4. The molecule has 4 bridgehead atoms. The van der Waals surface area contributed by atoms with Gasteiger partial charge in [-0.3, -0.25) is 14.5 Å². The van der Waals surface area contributed by atoms with E-state index in [4.69, 9.17) is 14.7 Å². The zero-order valence-corrected chi connectivity index (χ0v) is 31.2. The van der Waals surface area contributed by atoms with Gasteiger partial charge >= 0.3 is 0 Å². The van der Waals surface area contributed by atoms with Crippen molar-refractivity contribution in [3.05, 3.63) is 78.0 Å². The lowest BCUT2D eigenvalue weighted by atomic mass is 10.1. The van der Waals surface area contributed by atoms with Crippen LogP contribution in [0.15, 0.2) is 54.7 Å². The van der Waals surface area contributed by atoms with Gasteiger partial charge in [-0.2, -0.15) is 15.1 Å². The van der Waals surface area contributed by atoms with Crippen molar-refractivity contribution < 1.29 is 32.6 Å². The average molecular weight is 782 g/mol. The second kappa shape index (κ2) is 14.1. The molecular weight excluding hydrogens is 743 g/mol. The van der Waals surface area contributed by atoms with Gasteiger partial charge in [0.2, 0.25) is 17.8 Å². The van der Waals surface area contributed by atoms with Crippen molar-refractivity contribution in [2.45, 2.75) is 57.0 Å². The highest BCUT2D eigenvalue weighted by molar-refractivity contribution is 5.98. The molecule has 15 nitrogen and oxygen atoms in total. The first-order chi connectivity index (χ1) is 27.5. The summed E-state index contributed by atoms with van der Waals surface area (Å²) in [6.07, 6.45) is 1.76. The molecule has 6 aromatic rings. The van der Waals surface area contributed by atoms with Crippen LogP contribution >= 0.6 is 0 Å². The van der Waals surface area contributed by atoms with Crippen molar-refractivity contribution in [3.63, 3.8) is 0 Å². The van der Waals surface area contributed by atoms with Gasteiger partial charge in [0, 0.05) is 57.4 Å². The number of rotatable bonds is 5. The summed E-state index contributed by atoms with van der Waals surface area (Å²) in [7, 11) is 3.26. The minimum absolute atomic E-state index is 0.0526. The van der Waals surface area contributed by atoms with E-state index in [1.807, 2.05) is 22.5 Å². The summed E-state index contributed by atoms with van der Waals surface area (Å²) in [6, 6.07) is 9.52. The molecule has 4 aromatic heterocycles. The van der Waals surface area contributed by atoms with Gasteiger partial charge < -0.3 is 29.5 Å². The monoisotopic (exact) mass is 781 g/mol. The Kier molecular flexibility index (Phi) is 9.03. The van der Waals surface area contributed by atoms with Gasteiger partial charge in [0.1, 0.15) is 40.8 Å². The fourth-order valence-corrected chi connectivity index (χ4v) is 8.34. The Bertz CT molecular complexity index is 2580. The van der Waals surface area contributed by atoms with Gasteiger partial charge in [-0.25, -0.2) is 27.8 Å². The predicted octanol–water partition coefficient (Wildman–Crippen LogP) is 3.99. The fraction of sp³-hybridized carbons (Fsp3) is 0.359. The zero-order chi connectivity index (χ0) is 39.7. The van der Waals surface area contributed by atoms with Crippen molar-refractivity contribution in [1.82, 2.24) is 39.2 Å². The molecule has 57 heavy (non-hydrogen) atoms. The van der Waals surface area contributed by atoms with Crippen molar-refractivity contribution in [2.75, 3.05) is 49.0 Å². The molecule has 0 saturated carbocycles. The Morgan fingerprint density at radius 3 is 2.61 bits per heavy atom. The third-order valence-corrected chi connectivity index (χ3v) is 11.1. The molecule has 4 atom stereocenters. The molecule has 0 spiro atoms. The van der Waals surface area contributed by atoms with E-state index in [9.17, 15) is 19.1 Å². The number of nitrogens with zero attached hydrogens (tertiary/aromatic N) is 10. The Morgan fingerprint density at radius 1 is 0.982 bits per heavy atom. The highest BCUT2D eigenvalue weighted by Gasteiger charge is 2.42. The van der Waals surface area contributed by atoms with Crippen LogP contribution in [0.4, 0.5) is 30.8 Å². The van der Waals surface area contributed by atoms with E-state index in [2.05, 4.69) is 20.4 Å². The van der Waals surface area contributed by atoms with Crippen molar-refractivity contribution in [1.29, 1.82) is 0 Å². The number of amides is 2. The maximum Gasteiger partial charge on any atom is 0.245 e. The molecule has 0 radical (unpaired) electrons. The topological polar surface area (TPSA) is 160 Å². The van der Waals surface area contributed by atoms with Gasteiger partial charge in [0.15, 0.2) is 11.5 Å². The molecule has 0 aliphatic carbocycles. The molecule has 2 amide bonds. The minimum Gasteiger partial charge on any atom is -0.394 e. The van der Waals surface area contributed by atoms with E-state index in [1.165, 1.54) is 34.0 Å². The van der Waals surface area contributed by atoms with Gasteiger partial charge in [-0.15, -0.1) is 0 Å². The summed E-state index contributed by atoms with van der Waals surface area (Å²) in [6.45, 7) is 2.20. The van der Waals surface area contributed by atoms with E-state index in [0.717, 1.165) is 12.1 Å². The highest BCUT2D eigenvalue weighted by Crippen LogP contribution is 2.37. The second-order valence-corrected chi connectivity index (χ2v) is 14.7. The SMILES string of the molecule is CO[C@H]1CN(C)C(=O)[C@@H]2C[C@@H](CN2c2nc(N3C(=O)CCC3CO)nc3c2cnn3-c2ccc(F)cc2F)Nc2cccc(n2)-c2cc(F)cc3nc(C)n(c23)C1. The first-order valence-electron chi connectivity index (χ1n) is 18.6. The van der Waals surface area contributed by atoms with E-state index in [-0.39, 0.29) is 67.1 Å². The van der Waals surface area contributed by atoms with E-state index in [0.29, 0.717) is 58.7 Å². The van der Waals surface area contributed by atoms with E-state index < -0.39 is 35.6 Å². The number of carbonyl (C=O) groups excluding carboxylic acids is 2. The number of halogens is 3. The number of hydrogen-bond acceptors (Lipinski definition) is 11. The number of ether oxygens (including phenoxy) is 1. The minimum atomic E-state index is -0.889. The number of likely N-dealkylation sites (N-methyl/N-ethyl adjacent to an activating group) is 1. The summed E-state index contributed by atoms with van der Waals surface area (Å²) >= 11 is 0. The molecule has 2 fully saturated rings. The number of aromatic nitrogens is 7. The smallest absolute Gasteiger partial charge is 0.245 e. The lowest BCUT2D eigenvalue weighted by molar-refractivity contribution is -0.132. The molecule has 9 rings (SSSR count). The number of aryl methyl sites for hydroxylation is 1. The summed E-state index contributed by atoms with van der Waals surface area (Å²) in [5.74, 6) is -1.34. The Balaban J connectivity index is 1.19. The van der Waals surface area contributed by atoms with Gasteiger partial charge in [0.25, 0.3) is 0 Å². The zero-order valence-electron chi connectivity index (χ0n) is 31.2. The summed E-state index contributed by atoms with van der Waals surface area (Å²) in [5.41, 5.74) is 2.26. The predicted molar refractivity (Wildman–Crippen MR) is 203 cm³/mol. The molecule has 1 unspecified atom stereocenters. The van der Waals surface area contributed by atoms with Crippen LogP contribution in [-0.4, -0.2) is 114 Å². The summed E-state index contributed by atoms with van der Waals surface area (Å²) < 4.78 is 53.5. The molecule has 3 aliphatic heterocycles. The third-order valence-electron chi connectivity index (χ3n) is 11.1. The van der Waals surface area contributed by atoms with Crippen LogP contribution < -0.4 is 15.1 Å². The highest BCUT2D eigenvalue weighted by atomic mass is 19.1. The molecule has 294 valence electrons. The van der Waals surface area contributed by atoms with Crippen LogP contribution in [0.2, 0.25) is 0 Å². The number of methoxy groups -OCH3 is 1. The maximum absolute atomic E-state index is 15.3. The molecule has 2 aromatic carbocycles. The number of carbonyl (C=O) groups is 2. The lowest BCUT2D eigenvalue weighted by Gasteiger charge is -2.31. The largest absolute Gasteiger partial charge is 0.394 e. The third kappa shape index (κ3) is 6.28. The number of benzene rings is 2. The number of imidazole rings is 1. The molecule has 3 aliphatic rings. The lowest BCUT2D eigenvalue weighted by Crippen LogP contribution is -2.47. The number of aliphatic hydroxyl groups is 1.